The Kier molecular flexibility index (Phi) is 11.6. The Morgan fingerprint density at radius 3 is 1.95 bits per heavy atom. The molecule has 1 aliphatic rings. The van der Waals surface area contributed by atoms with E-state index in [0.29, 0.717) is 13.2 Å². The van der Waals surface area contributed by atoms with Crippen LogP contribution in [0, 0.1) is 0 Å². The van der Waals surface area contributed by atoms with Crippen molar-refractivity contribution in [1.29, 1.82) is 0 Å². The molecule has 0 bridgehead atoms. The van der Waals surface area contributed by atoms with E-state index >= 15 is 0 Å². The summed E-state index contributed by atoms with van der Waals surface area (Å²) in [4.78, 5) is 0. The van der Waals surface area contributed by atoms with Gasteiger partial charge in [0.1, 0.15) is 17.6 Å². The number of ether oxygens (including phenoxy) is 3. The Balaban J connectivity index is 2.48. The lowest BCUT2D eigenvalue weighted by Gasteiger charge is -2.25. The third kappa shape index (κ3) is 7.18. The lowest BCUT2D eigenvalue weighted by molar-refractivity contribution is -0.0969. The van der Waals surface area contributed by atoms with Gasteiger partial charge in [-0.15, -0.1) is 11.8 Å². The molecule has 132 valence electrons. The first-order valence-corrected chi connectivity index (χ1v) is 9.83. The molecule has 0 amide bonds. The van der Waals surface area contributed by atoms with Crippen molar-refractivity contribution in [3.8, 4) is 0 Å². The molecule has 0 aromatic carbocycles. The standard InChI is InChI=1S/C17H34O4S/c1-4-7-10-19-13-14-15(20-11-8-5-2)16(17(18)22-14)21-12-9-6-3/h14-18H,4-13H2,1-3H3/t14-,15+,16+,17?/m1/s1. The molecule has 0 aromatic rings. The summed E-state index contributed by atoms with van der Waals surface area (Å²) in [7, 11) is 0. The van der Waals surface area contributed by atoms with Gasteiger partial charge in [-0.3, -0.25) is 0 Å². The molecule has 0 spiro atoms. The lowest BCUT2D eigenvalue weighted by Crippen LogP contribution is -2.39. The maximum Gasteiger partial charge on any atom is 0.128 e. The first-order chi connectivity index (χ1) is 10.7. The summed E-state index contributed by atoms with van der Waals surface area (Å²) >= 11 is 1.54. The zero-order valence-electron chi connectivity index (χ0n) is 14.5. The van der Waals surface area contributed by atoms with Crippen LogP contribution < -0.4 is 0 Å². The highest BCUT2D eigenvalue weighted by Crippen LogP contribution is 2.37. The summed E-state index contributed by atoms with van der Waals surface area (Å²) < 4.78 is 17.7. The predicted molar refractivity (Wildman–Crippen MR) is 92.4 cm³/mol. The third-order valence-corrected chi connectivity index (χ3v) is 5.13. The van der Waals surface area contributed by atoms with Crippen molar-refractivity contribution < 1.29 is 19.3 Å². The quantitative estimate of drug-likeness (QED) is 0.521. The maximum atomic E-state index is 10.3. The van der Waals surface area contributed by atoms with Crippen LogP contribution in [0.25, 0.3) is 0 Å². The van der Waals surface area contributed by atoms with E-state index < -0.39 is 5.44 Å². The van der Waals surface area contributed by atoms with Gasteiger partial charge in [0.05, 0.1) is 11.9 Å². The second-order valence-electron chi connectivity index (χ2n) is 5.87. The second kappa shape index (κ2) is 12.6. The molecule has 1 unspecified atom stereocenters. The molecule has 4 atom stereocenters. The predicted octanol–water partition coefficient (Wildman–Crippen LogP) is 3.61. The van der Waals surface area contributed by atoms with E-state index in [1.54, 1.807) is 0 Å². The molecule has 0 aromatic heterocycles. The summed E-state index contributed by atoms with van der Waals surface area (Å²) in [6.45, 7) is 9.29. The Labute approximate surface area is 140 Å². The van der Waals surface area contributed by atoms with Crippen LogP contribution in [0.1, 0.15) is 59.3 Å². The fourth-order valence-electron chi connectivity index (χ4n) is 2.39. The average Bonchev–Trinajstić information content (AvgIpc) is 2.80. The van der Waals surface area contributed by atoms with Crippen molar-refractivity contribution in [1.82, 2.24) is 0 Å². The van der Waals surface area contributed by atoms with Crippen LogP contribution in [0.2, 0.25) is 0 Å². The van der Waals surface area contributed by atoms with Crippen molar-refractivity contribution in [2.75, 3.05) is 26.4 Å². The van der Waals surface area contributed by atoms with Crippen molar-refractivity contribution in [3.05, 3.63) is 0 Å². The molecule has 1 saturated heterocycles. The first kappa shape index (κ1) is 20.2. The minimum atomic E-state index is -0.511. The highest BCUT2D eigenvalue weighted by molar-refractivity contribution is 8.00. The molecular formula is C17H34O4S. The molecule has 0 aliphatic carbocycles. The smallest absolute Gasteiger partial charge is 0.128 e. The van der Waals surface area contributed by atoms with E-state index in [-0.39, 0.29) is 17.5 Å². The van der Waals surface area contributed by atoms with E-state index in [9.17, 15) is 5.11 Å². The topological polar surface area (TPSA) is 47.9 Å². The van der Waals surface area contributed by atoms with Crippen LogP contribution in [-0.2, 0) is 14.2 Å². The summed E-state index contributed by atoms with van der Waals surface area (Å²) in [5.41, 5.74) is -0.511. The van der Waals surface area contributed by atoms with Gasteiger partial charge in [-0.05, 0) is 19.3 Å². The van der Waals surface area contributed by atoms with Crippen LogP contribution in [0.4, 0.5) is 0 Å². The molecular weight excluding hydrogens is 300 g/mol. The number of rotatable bonds is 13. The minimum absolute atomic E-state index is 0.0648. The number of thioether (sulfide) groups is 1. The van der Waals surface area contributed by atoms with Crippen molar-refractivity contribution in [2.45, 2.75) is 82.2 Å². The number of aliphatic hydroxyl groups is 1. The molecule has 1 rings (SSSR count). The van der Waals surface area contributed by atoms with E-state index in [0.717, 1.165) is 51.7 Å². The SMILES string of the molecule is CCCCOC[C@H]1SC(O)[C@@H](OCCCC)[C@H]1OCCCC. The minimum Gasteiger partial charge on any atom is -0.380 e. The molecule has 0 radical (unpaired) electrons. The molecule has 5 heteroatoms. The van der Waals surface area contributed by atoms with Crippen molar-refractivity contribution in [3.63, 3.8) is 0 Å². The van der Waals surface area contributed by atoms with Gasteiger partial charge in [0.2, 0.25) is 0 Å². The van der Waals surface area contributed by atoms with Crippen molar-refractivity contribution >= 4 is 11.8 Å². The van der Waals surface area contributed by atoms with Gasteiger partial charge >= 0.3 is 0 Å². The molecule has 1 N–H and O–H groups in total. The molecule has 4 nitrogen and oxygen atoms in total. The Morgan fingerprint density at radius 1 is 0.818 bits per heavy atom. The van der Waals surface area contributed by atoms with Crippen LogP contribution in [0.15, 0.2) is 0 Å². The van der Waals surface area contributed by atoms with Crippen LogP contribution >= 0.6 is 11.8 Å². The van der Waals surface area contributed by atoms with Gasteiger partial charge in [-0.25, -0.2) is 0 Å². The molecule has 1 fully saturated rings. The number of aliphatic hydroxyl groups excluding tert-OH is 1. The van der Waals surface area contributed by atoms with Gasteiger partial charge in [0, 0.05) is 19.8 Å². The fraction of sp³-hybridized carbons (Fsp3) is 1.00. The van der Waals surface area contributed by atoms with Gasteiger partial charge in [-0.2, -0.15) is 0 Å². The van der Waals surface area contributed by atoms with Crippen LogP contribution in [-0.4, -0.2) is 54.4 Å². The average molecular weight is 335 g/mol. The van der Waals surface area contributed by atoms with Crippen molar-refractivity contribution in [2.24, 2.45) is 0 Å². The van der Waals surface area contributed by atoms with Gasteiger partial charge in [-0.1, -0.05) is 40.0 Å². The Bertz CT molecular complexity index is 265. The fourth-order valence-corrected chi connectivity index (χ4v) is 3.70. The summed E-state index contributed by atoms with van der Waals surface area (Å²) in [6, 6.07) is 0. The third-order valence-electron chi connectivity index (χ3n) is 3.83. The molecule has 1 heterocycles. The number of unbranched alkanes of at least 4 members (excludes halogenated alkanes) is 3. The summed E-state index contributed by atoms with van der Waals surface area (Å²) in [5.74, 6) is 0. The second-order valence-corrected chi connectivity index (χ2v) is 7.23. The molecule has 0 saturated carbocycles. The zero-order chi connectivity index (χ0) is 16.2. The normalized spacial score (nSPS) is 28.4. The van der Waals surface area contributed by atoms with Crippen LogP contribution in [0.3, 0.4) is 0 Å². The molecule has 1 aliphatic heterocycles. The Hall–Kier alpha value is 0.190. The first-order valence-electron chi connectivity index (χ1n) is 8.89. The maximum absolute atomic E-state index is 10.3. The Morgan fingerprint density at radius 2 is 1.36 bits per heavy atom. The number of hydrogen-bond acceptors (Lipinski definition) is 5. The van der Waals surface area contributed by atoms with Gasteiger partial charge < -0.3 is 19.3 Å². The summed E-state index contributed by atoms with van der Waals surface area (Å²) in [5, 5.41) is 10.5. The highest BCUT2D eigenvalue weighted by Gasteiger charge is 2.45. The van der Waals surface area contributed by atoms with E-state index in [1.807, 2.05) is 0 Å². The monoisotopic (exact) mass is 334 g/mol. The van der Waals surface area contributed by atoms with Crippen LogP contribution in [0.5, 0.6) is 0 Å². The van der Waals surface area contributed by atoms with E-state index in [1.165, 1.54) is 11.8 Å². The highest BCUT2D eigenvalue weighted by atomic mass is 32.2. The lowest BCUT2D eigenvalue weighted by atomic mass is 10.1. The summed E-state index contributed by atoms with van der Waals surface area (Å²) in [6.07, 6.45) is 6.20. The van der Waals surface area contributed by atoms with E-state index in [2.05, 4.69) is 20.8 Å². The van der Waals surface area contributed by atoms with Gasteiger partial charge in [0.15, 0.2) is 0 Å². The largest absolute Gasteiger partial charge is 0.380 e. The van der Waals surface area contributed by atoms with Gasteiger partial charge in [0.25, 0.3) is 0 Å². The number of hydrogen-bond donors (Lipinski definition) is 1. The zero-order valence-corrected chi connectivity index (χ0v) is 15.3. The van der Waals surface area contributed by atoms with E-state index in [4.69, 9.17) is 14.2 Å². The molecule has 22 heavy (non-hydrogen) atoms.